The van der Waals surface area contributed by atoms with Crippen molar-refractivity contribution in [3.05, 3.63) is 65.2 Å². The van der Waals surface area contributed by atoms with Crippen molar-refractivity contribution in [2.45, 2.75) is 17.8 Å². The minimum Gasteiger partial charge on any atom is -0.314 e. The van der Waals surface area contributed by atoms with Crippen molar-refractivity contribution in [3.8, 4) is 0 Å². The molecule has 2 aliphatic carbocycles. The van der Waals surface area contributed by atoms with E-state index in [0.717, 1.165) is 12.1 Å². The topological polar surface area (TPSA) is 20.3 Å². The number of likely N-dealkylation sites (N-methyl/N-ethyl adjacent to an activating group) is 1. The molecule has 1 amide bonds. The highest BCUT2D eigenvalue weighted by atomic mass is 16.2. The predicted molar refractivity (Wildman–Crippen MR) is 77.9 cm³/mol. The molecule has 0 aromatic heterocycles. The van der Waals surface area contributed by atoms with Crippen molar-refractivity contribution >= 4 is 11.6 Å². The maximum atomic E-state index is 12.9. The van der Waals surface area contributed by atoms with Crippen LogP contribution in [0, 0.1) is 5.92 Å². The van der Waals surface area contributed by atoms with E-state index < -0.39 is 0 Å². The second-order valence-electron chi connectivity index (χ2n) is 6.24. The van der Waals surface area contributed by atoms with Gasteiger partial charge >= 0.3 is 0 Å². The molecule has 3 aliphatic rings. The summed E-state index contributed by atoms with van der Waals surface area (Å²) in [5.41, 5.74) is 4.94. The maximum Gasteiger partial charge on any atom is 0.238 e. The molecule has 3 atom stereocenters. The summed E-state index contributed by atoms with van der Waals surface area (Å²) in [6.07, 6.45) is 1.05. The first-order chi connectivity index (χ1) is 9.76. The Morgan fingerprint density at radius 3 is 2.75 bits per heavy atom. The van der Waals surface area contributed by atoms with Gasteiger partial charge in [0, 0.05) is 18.7 Å². The Balaban J connectivity index is 1.74. The Hall–Kier alpha value is -2.09. The first-order valence-corrected chi connectivity index (χ1v) is 7.21. The number of amides is 1. The molecule has 0 unspecified atom stereocenters. The van der Waals surface area contributed by atoms with E-state index in [4.69, 9.17) is 0 Å². The van der Waals surface area contributed by atoms with Crippen LogP contribution < -0.4 is 4.90 Å². The van der Waals surface area contributed by atoms with E-state index in [-0.39, 0.29) is 5.41 Å². The van der Waals surface area contributed by atoms with Gasteiger partial charge in [0.15, 0.2) is 0 Å². The van der Waals surface area contributed by atoms with Crippen molar-refractivity contribution in [2.24, 2.45) is 5.92 Å². The zero-order valence-electron chi connectivity index (χ0n) is 11.3. The molecular formula is C18H15NO. The van der Waals surface area contributed by atoms with Gasteiger partial charge in [0.05, 0.1) is 5.41 Å². The molecule has 0 N–H and O–H groups in total. The number of rotatable bonds is 0. The fourth-order valence-corrected chi connectivity index (χ4v) is 4.74. The lowest BCUT2D eigenvalue weighted by Gasteiger charge is -2.16. The van der Waals surface area contributed by atoms with Crippen molar-refractivity contribution in [1.82, 2.24) is 0 Å². The minimum absolute atomic E-state index is 0.250. The highest BCUT2D eigenvalue weighted by Crippen LogP contribution is 2.74. The van der Waals surface area contributed by atoms with Gasteiger partial charge in [-0.15, -0.1) is 0 Å². The lowest BCUT2D eigenvalue weighted by atomic mass is 9.86. The maximum absolute atomic E-state index is 12.9. The molecule has 0 radical (unpaired) electrons. The van der Waals surface area contributed by atoms with Gasteiger partial charge in [0.2, 0.25) is 5.91 Å². The standard InChI is InChI=1S/C18H15NO/c1-19-15-9-5-4-8-13(15)18(17(19)20)14-10-11-6-2-3-7-12(11)16(14)18/h2-9,14,16H,10H2,1H3/t14-,16+,18+/m0/s1. The summed E-state index contributed by atoms with van der Waals surface area (Å²) in [5.74, 6) is 1.17. The molecule has 20 heavy (non-hydrogen) atoms. The molecule has 98 valence electrons. The normalized spacial score (nSPS) is 32.2. The van der Waals surface area contributed by atoms with Crippen LogP contribution in [-0.4, -0.2) is 13.0 Å². The molecule has 1 fully saturated rings. The van der Waals surface area contributed by atoms with E-state index >= 15 is 0 Å². The van der Waals surface area contributed by atoms with E-state index in [0.29, 0.717) is 17.7 Å². The summed E-state index contributed by atoms with van der Waals surface area (Å²) in [6.45, 7) is 0. The Morgan fingerprint density at radius 2 is 1.85 bits per heavy atom. The monoisotopic (exact) mass is 261 g/mol. The Bertz CT molecular complexity index is 766. The molecule has 2 aromatic carbocycles. The SMILES string of the molecule is CN1C(=O)[C@@]2(c3ccccc31)[C@@H]1c3ccccc3C[C@@H]12. The van der Waals surface area contributed by atoms with Gasteiger partial charge in [0.25, 0.3) is 0 Å². The first-order valence-electron chi connectivity index (χ1n) is 7.21. The van der Waals surface area contributed by atoms with E-state index in [1.807, 2.05) is 18.0 Å². The molecule has 5 rings (SSSR count). The van der Waals surface area contributed by atoms with Gasteiger partial charge < -0.3 is 4.90 Å². The summed E-state index contributed by atoms with van der Waals surface area (Å²) < 4.78 is 0. The molecule has 1 aliphatic heterocycles. The zero-order valence-corrected chi connectivity index (χ0v) is 11.3. The molecule has 0 bridgehead atoms. The van der Waals surface area contributed by atoms with Gasteiger partial charge in [-0.05, 0) is 35.1 Å². The molecule has 2 aromatic rings. The van der Waals surface area contributed by atoms with Crippen LogP contribution in [0.1, 0.15) is 22.6 Å². The average molecular weight is 261 g/mol. The first kappa shape index (κ1) is 10.7. The van der Waals surface area contributed by atoms with E-state index in [2.05, 4.69) is 42.5 Å². The van der Waals surface area contributed by atoms with E-state index in [1.165, 1.54) is 16.7 Å². The van der Waals surface area contributed by atoms with Crippen molar-refractivity contribution in [2.75, 3.05) is 11.9 Å². The number of benzene rings is 2. The second kappa shape index (κ2) is 3.14. The summed E-state index contributed by atoms with van der Waals surface area (Å²) >= 11 is 0. The fourth-order valence-electron chi connectivity index (χ4n) is 4.74. The largest absolute Gasteiger partial charge is 0.314 e. The van der Waals surface area contributed by atoms with Gasteiger partial charge in [-0.25, -0.2) is 0 Å². The molecule has 2 nitrogen and oxygen atoms in total. The van der Waals surface area contributed by atoms with Gasteiger partial charge in [-0.1, -0.05) is 42.5 Å². The molecule has 1 heterocycles. The number of nitrogens with zero attached hydrogens (tertiary/aromatic N) is 1. The van der Waals surface area contributed by atoms with E-state index in [9.17, 15) is 4.79 Å². The van der Waals surface area contributed by atoms with Crippen LogP contribution >= 0.6 is 0 Å². The number of hydrogen-bond donors (Lipinski definition) is 0. The number of para-hydroxylation sites is 1. The quantitative estimate of drug-likeness (QED) is 0.714. The predicted octanol–water partition coefficient (Wildman–Crippen LogP) is 2.87. The summed E-state index contributed by atoms with van der Waals surface area (Å²) in [7, 11) is 1.91. The summed E-state index contributed by atoms with van der Waals surface area (Å²) in [4.78, 5) is 14.8. The third kappa shape index (κ3) is 0.923. The molecule has 1 spiro atoms. The highest BCUT2D eigenvalue weighted by molar-refractivity contribution is 6.12. The number of carbonyl (C=O) groups excluding carboxylic acids is 1. The minimum atomic E-state index is -0.250. The van der Waals surface area contributed by atoms with Crippen LogP contribution in [0.5, 0.6) is 0 Å². The van der Waals surface area contributed by atoms with Crippen molar-refractivity contribution in [3.63, 3.8) is 0 Å². The smallest absolute Gasteiger partial charge is 0.238 e. The molecule has 0 saturated heterocycles. The van der Waals surface area contributed by atoms with Crippen molar-refractivity contribution in [1.29, 1.82) is 0 Å². The van der Waals surface area contributed by atoms with Gasteiger partial charge in [-0.3, -0.25) is 4.79 Å². The Labute approximate surface area is 118 Å². The number of carbonyl (C=O) groups is 1. The Kier molecular flexibility index (Phi) is 1.68. The van der Waals surface area contributed by atoms with Crippen molar-refractivity contribution < 1.29 is 4.79 Å². The summed E-state index contributed by atoms with van der Waals surface area (Å²) in [5, 5.41) is 0. The van der Waals surface area contributed by atoms with Crippen LogP contribution in [0.2, 0.25) is 0 Å². The van der Waals surface area contributed by atoms with Crippen LogP contribution in [0.25, 0.3) is 0 Å². The van der Waals surface area contributed by atoms with E-state index in [1.54, 1.807) is 0 Å². The third-order valence-corrected chi connectivity index (χ3v) is 5.57. The lowest BCUT2D eigenvalue weighted by molar-refractivity contribution is -0.120. The highest BCUT2D eigenvalue weighted by Gasteiger charge is 2.76. The lowest BCUT2D eigenvalue weighted by Crippen LogP contribution is -2.31. The average Bonchev–Trinajstić information content (AvgIpc) is 2.88. The second-order valence-corrected chi connectivity index (χ2v) is 6.24. The molecular weight excluding hydrogens is 246 g/mol. The summed E-state index contributed by atoms with van der Waals surface area (Å²) in [6, 6.07) is 16.9. The van der Waals surface area contributed by atoms with Crippen LogP contribution in [0.15, 0.2) is 48.5 Å². The van der Waals surface area contributed by atoms with Gasteiger partial charge in [-0.2, -0.15) is 0 Å². The number of hydrogen-bond acceptors (Lipinski definition) is 1. The van der Waals surface area contributed by atoms with Crippen LogP contribution in [0.3, 0.4) is 0 Å². The zero-order chi connectivity index (χ0) is 13.5. The third-order valence-electron chi connectivity index (χ3n) is 5.57. The molecule has 1 saturated carbocycles. The molecule has 2 heteroatoms. The van der Waals surface area contributed by atoms with Crippen LogP contribution in [0.4, 0.5) is 5.69 Å². The number of anilines is 1. The Morgan fingerprint density at radius 1 is 1.10 bits per heavy atom. The number of fused-ring (bicyclic) bond motifs is 7. The van der Waals surface area contributed by atoms with Gasteiger partial charge in [0.1, 0.15) is 0 Å². The van der Waals surface area contributed by atoms with Crippen LogP contribution in [-0.2, 0) is 16.6 Å². The fraction of sp³-hybridized carbons (Fsp3) is 0.278.